The molecule has 0 bridgehead atoms. The molecule has 0 aliphatic heterocycles. The Hall–Kier alpha value is -0.260. The van der Waals surface area contributed by atoms with Crippen LogP contribution in [0.5, 0.6) is 0 Å². The molecule has 1 fully saturated rings. The van der Waals surface area contributed by atoms with Gasteiger partial charge in [-0.3, -0.25) is 0 Å². The second kappa shape index (κ2) is 5.16. The van der Waals surface area contributed by atoms with Gasteiger partial charge in [0.1, 0.15) is 0 Å². The van der Waals surface area contributed by atoms with Crippen molar-refractivity contribution in [1.82, 2.24) is 0 Å². The molecule has 94 valence electrons. The Morgan fingerprint density at radius 1 is 0.941 bits per heavy atom. The van der Waals surface area contributed by atoms with Crippen molar-refractivity contribution in [3.8, 4) is 0 Å². The highest BCUT2D eigenvalue weighted by Gasteiger charge is 2.30. The lowest BCUT2D eigenvalue weighted by Crippen LogP contribution is -2.13. The van der Waals surface area contributed by atoms with E-state index < -0.39 is 11.7 Å². The van der Waals surface area contributed by atoms with Crippen LogP contribution in [0.15, 0.2) is 24.3 Å². The molecule has 0 heterocycles. The van der Waals surface area contributed by atoms with Crippen LogP contribution in [0.2, 0.25) is 0 Å². The zero-order valence-electron chi connectivity index (χ0n) is 9.30. The summed E-state index contributed by atoms with van der Waals surface area (Å²) in [5, 5.41) is 0. The van der Waals surface area contributed by atoms with Gasteiger partial charge in [0.15, 0.2) is 0 Å². The van der Waals surface area contributed by atoms with Crippen molar-refractivity contribution in [3.05, 3.63) is 35.4 Å². The van der Waals surface area contributed by atoms with Gasteiger partial charge in [0.2, 0.25) is 0 Å². The lowest BCUT2D eigenvalue weighted by molar-refractivity contribution is -0.137. The number of rotatable bonds is 1. The largest absolute Gasteiger partial charge is 0.416 e. The van der Waals surface area contributed by atoms with Crippen LogP contribution < -0.4 is 0 Å². The average molecular weight is 354 g/mol. The summed E-state index contributed by atoms with van der Waals surface area (Å²) in [5.74, 6) is 0.447. The van der Waals surface area contributed by atoms with Crippen LogP contribution >= 0.6 is 22.6 Å². The van der Waals surface area contributed by atoms with Gasteiger partial charge in [-0.05, 0) is 49.3 Å². The summed E-state index contributed by atoms with van der Waals surface area (Å²) in [6, 6.07) is 5.68. The first-order chi connectivity index (χ1) is 7.97. The molecule has 0 nitrogen and oxygen atoms in total. The van der Waals surface area contributed by atoms with E-state index in [1.54, 1.807) is 12.1 Å². The van der Waals surface area contributed by atoms with Gasteiger partial charge in [0.05, 0.1) is 5.56 Å². The van der Waals surface area contributed by atoms with Gasteiger partial charge in [-0.25, -0.2) is 0 Å². The van der Waals surface area contributed by atoms with Crippen LogP contribution in [0.4, 0.5) is 13.2 Å². The number of hydrogen-bond donors (Lipinski definition) is 0. The predicted octanol–water partition coefficient (Wildman–Crippen LogP) is 5.17. The van der Waals surface area contributed by atoms with Crippen molar-refractivity contribution in [2.45, 2.75) is 41.7 Å². The van der Waals surface area contributed by atoms with Crippen molar-refractivity contribution >= 4 is 22.6 Å². The lowest BCUT2D eigenvalue weighted by atomic mass is 9.84. The molecule has 0 unspecified atom stereocenters. The van der Waals surface area contributed by atoms with Crippen LogP contribution in [0.25, 0.3) is 0 Å². The predicted molar refractivity (Wildman–Crippen MR) is 70.5 cm³/mol. The van der Waals surface area contributed by atoms with Gasteiger partial charge >= 0.3 is 6.18 Å². The Morgan fingerprint density at radius 2 is 1.47 bits per heavy atom. The Morgan fingerprint density at radius 3 is 1.94 bits per heavy atom. The van der Waals surface area contributed by atoms with E-state index in [-0.39, 0.29) is 0 Å². The smallest absolute Gasteiger partial charge is 0.166 e. The van der Waals surface area contributed by atoms with Crippen molar-refractivity contribution in [2.75, 3.05) is 0 Å². The van der Waals surface area contributed by atoms with E-state index in [1.807, 2.05) is 0 Å². The number of hydrogen-bond acceptors (Lipinski definition) is 0. The Bertz CT molecular complexity index is 361. The first kappa shape index (κ1) is 13.2. The van der Waals surface area contributed by atoms with Gasteiger partial charge < -0.3 is 0 Å². The highest BCUT2D eigenvalue weighted by molar-refractivity contribution is 14.1. The molecule has 4 heteroatoms. The molecule has 2 rings (SSSR count). The topological polar surface area (TPSA) is 0 Å². The van der Waals surface area contributed by atoms with Crippen molar-refractivity contribution in [2.24, 2.45) is 0 Å². The fraction of sp³-hybridized carbons (Fsp3) is 0.538. The Balaban J connectivity index is 2.08. The second-order valence-electron chi connectivity index (χ2n) is 4.57. The van der Waals surface area contributed by atoms with E-state index >= 15 is 0 Å². The summed E-state index contributed by atoms with van der Waals surface area (Å²) in [7, 11) is 0. The maximum absolute atomic E-state index is 12.4. The summed E-state index contributed by atoms with van der Waals surface area (Å²) in [4.78, 5) is 0. The van der Waals surface area contributed by atoms with E-state index in [2.05, 4.69) is 22.6 Å². The van der Waals surface area contributed by atoms with Crippen LogP contribution in [-0.4, -0.2) is 3.92 Å². The zero-order chi connectivity index (χ0) is 12.5. The number of alkyl halides is 4. The second-order valence-corrected chi connectivity index (χ2v) is 6.33. The molecule has 17 heavy (non-hydrogen) atoms. The van der Waals surface area contributed by atoms with E-state index in [4.69, 9.17) is 0 Å². The maximum Gasteiger partial charge on any atom is 0.416 e. The van der Waals surface area contributed by atoms with Crippen LogP contribution in [0.3, 0.4) is 0 Å². The van der Waals surface area contributed by atoms with Gasteiger partial charge in [0, 0.05) is 3.92 Å². The molecule has 0 atom stereocenters. The summed E-state index contributed by atoms with van der Waals surface area (Å²) in [5.41, 5.74) is 0.505. The molecule has 1 aromatic carbocycles. The normalized spacial score (nSPS) is 25.9. The zero-order valence-corrected chi connectivity index (χ0v) is 11.5. The minimum Gasteiger partial charge on any atom is -0.166 e. The molecule has 1 aromatic rings. The molecule has 1 aliphatic rings. The summed E-state index contributed by atoms with van der Waals surface area (Å²) in [6.45, 7) is 0. The highest BCUT2D eigenvalue weighted by atomic mass is 127. The monoisotopic (exact) mass is 354 g/mol. The highest BCUT2D eigenvalue weighted by Crippen LogP contribution is 2.37. The average Bonchev–Trinajstić information content (AvgIpc) is 2.29. The standard InChI is InChI=1S/C13H14F3I/c14-13(15,16)11-5-1-9(2-6-11)10-3-7-12(17)8-4-10/h1-2,5-6,10,12H,3-4,7-8H2. The molecule has 0 aromatic heterocycles. The minimum absolute atomic E-state index is 0.447. The fourth-order valence-electron chi connectivity index (χ4n) is 2.33. The molecule has 0 amide bonds. The third-order valence-electron chi connectivity index (χ3n) is 3.37. The molecular formula is C13H14F3I. The first-order valence-corrected chi connectivity index (χ1v) is 7.02. The third-order valence-corrected chi connectivity index (χ3v) is 4.61. The van der Waals surface area contributed by atoms with Crippen molar-refractivity contribution in [1.29, 1.82) is 0 Å². The van der Waals surface area contributed by atoms with Gasteiger partial charge in [-0.2, -0.15) is 13.2 Å². The van der Waals surface area contributed by atoms with Gasteiger partial charge in [0.25, 0.3) is 0 Å². The minimum atomic E-state index is -4.22. The Kier molecular flexibility index (Phi) is 4.00. The third kappa shape index (κ3) is 3.36. The Labute approximate surface area is 113 Å². The first-order valence-electron chi connectivity index (χ1n) is 5.78. The van der Waals surface area contributed by atoms with E-state index in [0.717, 1.165) is 22.3 Å². The molecule has 1 saturated carbocycles. The van der Waals surface area contributed by atoms with E-state index in [1.165, 1.54) is 25.0 Å². The molecular weight excluding hydrogens is 340 g/mol. The molecule has 0 radical (unpaired) electrons. The van der Waals surface area contributed by atoms with E-state index in [9.17, 15) is 13.2 Å². The van der Waals surface area contributed by atoms with Gasteiger partial charge in [-0.1, -0.05) is 34.7 Å². The van der Waals surface area contributed by atoms with Crippen molar-refractivity contribution < 1.29 is 13.2 Å². The quantitative estimate of drug-likeness (QED) is 0.482. The summed E-state index contributed by atoms with van der Waals surface area (Å²) in [6.07, 6.45) is 0.314. The van der Waals surface area contributed by atoms with Crippen LogP contribution in [0.1, 0.15) is 42.7 Å². The molecule has 1 aliphatic carbocycles. The van der Waals surface area contributed by atoms with Crippen molar-refractivity contribution in [3.63, 3.8) is 0 Å². The van der Waals surface area contributed by atoms with Gasteiger partial charge in [-0.15, -0.1) is 0 Å². The number of benzene rings is 1. The molecule has 0 N–H and O–H groups in total. The molecule has 0 saturated heterocycles. The fourth-order valence-corrected chi connectivity index (χ4v) is 3.05. The van der Waals surface area contributed by atoms with Crippen LogP contribution in [0, 0.1) is 0 Å². The maximum atomic E-state index is 12.4. The lowest BCUT2D eigenvalue weighted by Gasteiger charge is -2.25. The van der Waals surface area contributed by atoms with Crippen LogP contribution in [-0.2, 0) is 6.18 Å². The summed E-state index contributed by atoms with van der Waals surface area (Å²) < 4.78 is 38.0. The number of halogens is 4. The van der Waals surface area contributed by atoms with E-state index in [0.29, 0.717) is 5.92 Å². The molecule has 0 spiro atoms. The summed E-state index contributed by atoms with van der Waals surface area (Å²) >= 11 is 2.45. The SMILES string of the molecule is FC(F)(F)c1ccc(C2CCC(I)CC2)cc1.